The molecule has 0 aromatic carbocycles. The number of ether oxygens (including phenoxy) is 2. The van der Waals surface area contributed by atoms with Crippen molar-refractivity contribution < 1.29 is 33.8 Å². The minimum Gasteiger partial charge on any atom is -0.458 e. The maximum Gasteiger partial charge on any atom is 0.306 e. The number of rotatable bonds is 5. The topological polar surface area (TPSA) is 107 Å². The van der Waals surface area contributed by atoms with Crippen LogP contribution in [0.2, 0.25) is 0 Å². The third kappa shape index (κ3) is 3.53. The van der Waals surface area contributed by atoms with Gasteiger partial charge >= 0.3 is 11.9 Å². The zero-order valence-corrected chi connectivity index (χ0v) is 23.8. The van der Waals surface area contributed by atoms with E-state index in [0.717, 1.165) is 12.0 Å². The lowest BCUT2D eigenvalue weighted by molar-refractivity contribution is -0.204. The van der Waals surface area contributed by atoms with Crippen LogP contribution in [0.4, 0.5) is 0 Å². The number of halogens is 1. The summed E-state index contributed by atoms with van der Waals surface area (Å²) in [7, 11) is 0. The number of ketones is 2. The summed E-state index contributed by atoms with van der Waals surface area (Å²) < 4.78 is 10.5. The fourth-order valence-electron chi connectivity index (χ4n) is 8.68. The summed E-state index contributed by atoms with van der Waals surface area (Å²) in [6.45, 7) is 10.7. The molecular formula is C28H39BrO7. The van der Waals surface area contributed by atoms with Gasteiger partial charge in [0.15, 0.2) is 18.0 Å². The minimum atomic E-state index is -1.50. The zero-order chi connectivity index (χ0) is 26.8. The highest BCUT2D eigenvalue weighted by Gasteiger charge is 2.76. The van der Waals surface area contributed by atoms with Crippen molar-refractivity contribution in [3.05, 3.63) is 11.6 Å². The first-order valence-corrected chi connectivity index (χ1v) is 14.0. The monoisotopic (exact) mass is 566 g/mol. The van der Waals surface area contributed by atoms with E-state index in [1.54, 1.807) is 13.0 Å². The van der Waals surface area contributed by atoms with Crippen LogP contribution >= 0.6 is 15.9 Å². The summed E-state index contributed by atoms with van der Waals surface area (Å²) in [6, 6.07) is 0. The molecule has 4 aliphatic carbocycles. The number of carbonyl (C=O) groups is 4. The quantitative estimate of drug-likeness (QED) is 0.390. The standard InChI is InChI=1S/C28H39BrO7/c1-7-24(34)36-28(23(33)14-35-17(4)30)16(3)11-20-21-10-15(2)19-12-18(31)8-9-25(19,5)27(21,29)22(32)13-26(20,28)6/h12,15-16,20-22,32H,7-11,13-14H2,1-6H3/t15?,16?,20-,21-,22?,25-,26-,27-,28-/m0/s1. The lowest BCUT2D eigenvalue weighted by Gasteiger charge is -2.66. The molecule has 9 atom stereocenters. The molecule has 36 heavy (non-hydrogen) atoms. The van der Waals surface area contributed by atoms with Gasteiger partial charge in [-0.3, -0.25) is 19.2 Å². The maximum atomic E-state index is 13.8. The van der Waals surface area contributed by atoms with Crippen LogP contribution in [0.25, 0.3) is 0 Å². The second-order valence-electron chi connectivity index (χ2n) is 12.1. The SMILES string of the molecule is CCC(=O)O[C@]1(C(=O)COC(C)=O)C(C)C[C@H]2[C@@H]3CC(C)C4=CC(=O)CC[C@]4(C)[C@@]3(Br)C(O)C[C@@]21C. The van der Waals surface area contributed by atoms with E-state index in [4.69, 9.17) is 9.47 Å². The number of fused-ring (bicyclic) bond motifs is 5. The summed E-state index contributed by atoms with van der Waals surface area (Å²) in [4.78, 5) is 50.5. The molecule has 0 bridgehead atoms. The summed E-state index contributed by atoms with van der Waals surface area (Å²) >= 11 is 4.09. The Morgan fingerprint density at radius 3 is 2.44 bits per heavy atom. The van der Waals surface area contributed by atoms with Crippen molar-refractivity contribution in [2.24, 2.45) is 34.5 Å². The van der Waals surface area contributed by atoms with Crippen LogP contribution in [-0.2, 0) is 28.7 Å². The number of carbonyl (C=O) groups excluding carboxylic acids is 4. The van der Waals surface area contributed by atoms with Gasteiger partial charge in [-0.05, 0) is 49.5 Å². The number of hydrogen-bond donors (Lipinski definition) is 1. The van der Waals surface area contributed by atoms with Crippen molar-refractivity contribution in [1.82, 2.24) is 0 Å². The molecule has 7 nitrogen and oxygen atoms in total. The van der Waals surface area contributed by atoms with Gasteiger partial charge in [0.1, 0.15) is 0 Å². The molecule has 4 aliphatic rings. The number of hydrogen-bond acceptors (Lipinski definition) is 7. The molecule has 0 aliphatic heterocycles. The second kappa shape index (κ2) is 9.04. The Bertz CT molecular complexity index is 1020. The van der Waals surface area contributed by atoms with E-state index in [9.17, 15) is 24.3 Å². The van der Waals surface area contributed by atoms with Crippen LogP contribution in [0.15, 0.2) is 11.6 Å². The van der Waals surface area contributed by atoms with Gasteiger partial charge in [0, 0.05) is 36.5 Å². The Kier molecular flexibility index (Phi) is 6.90. The van der Waals surface area contributed by atoms with Crippen molar-refractivity contribution in [3.63, 3.8) is 0 Å². The van der Waals surface area contributed by atoms with Crippen molar-refractivity contribution >= 4 is 39.4 Å². The van der Waals surface area contributed by atoms with Gasteiger partial charge < -0.3 is 14.6 Å². The van der Waals surface area contributed by atoms with E-state index in [0.29, 0.717) is 19.3 Å². The predicted molar refractivity (Wildman–Crippen MR) is 136 cm³/mol. The summed E-state index contributed by atoms with van der Waals surface area (Å²) in [5.74, 6) is -1.56. The molecular weight excluding hydrogens is 528 g/mol. The molecule has 8 heteroatoms. The van der Waals surface area contributed by atoms with Gasteiger partial charge in [-0.2, -0.15) is 0 Å². The Hall–Kier alpha value is -1.54. The molecule has 0 saturated heterocycles. The van der Waals surface area contributed by atoms with Gasteiger partial charge in [-0.25, -0.2) is 0 Å². The zero-order valence-electron chi connectivity index (χ0n) is 22.2. The van der Waals surface area contributed by atoms with Crippen molar-refractivity contribution in [1.29, 1.82) is 0 Å². The molecule has 0 aromatic rings. The Labute approximate surface area is 221 Å². The number of alkyl halides is 1. The fraction of sp³-hybridized carbons (Fsp3) is 0.786. The molecule has 0 radical (unpaired) electrons. The molecule has 0 aromatic heterocycles. The molecule has 200 valence electrons. The summed E-state index contributed by atoms with van der Waals surface area (Å²) in [5, 5.41) is 11.9. The van der Waals surface area contributed by atoms with Gasteiger partial charge in [0.2, 0.25) is 5.78 Å². The minimum absolute atomic E-state index is 0.0113. The molecule has 3 saturated carbocycles. The molecule has 1 N–H and O–H groups in total. The van der Waals surface area contributed by atoms with E-state index in [1.807, 2.05) is 13.8 Å². The van der Waals surface area contributed by atoms with Gasteiger partial charge in [0.05, 0.1) is 10.4 Å². The lowest BCUT2D eigenvalue weighted by Crippen LogP contribution is -2.70. The Morgan fingerprint density at radius 2 is 1.83 bits per heavy atom. The number of allylic oxidation sites excluding steroid dienone is 1. The van der Waals surface area contributed by atoms with E-state index >= 15 is 0 Å². The van der Waals surface area contributed by atoms with Crippen LogP contribution in [-0.4, -0.2) is 51.2 Å². The molecule has 0 spiro atoms. The van der Waals surface area contributed by atoms with Crippen LogP contribution in [0.5, 0.6) is 0 Å². The highest BCUT2D eigenvalue weighted by Crippen LogP contribution is 2.73. The lowest BCUT2D eigenvalue weighted by atomic mass is 9.43. The normalized spacial score (nSPS) is 45.6. The first kappa shape index (κ1) is 27.5. The third-order valence-electron chi connectivity index (χ3n) is 10.3. The highest BCUT2D eigenvalue weighted by atomic mass is 79.9. The van der Waals surface area contributed by atoms with Gasteiger partial charge in [0.25, 0.3) is 0 Å². The smallest absolute Gasteiger partial charge is 0.306 e. The van der Waals surface area contributed by atoms with Crippen molar-refractivity contribution in [2.45, 2.75) is 96.1 Å². The number of aliphatic hydroxyl groups is 1. The molecule has 3 unspecified atom stereocenters. The largest absolute Gasteiger partial charge is 0.458 e. The average Bonchev–Trinajstić information content (AvgIpc) is 3.02. The van der Waals surface area contributed by atoms with Crippen LogP contribution < -0.4 is 0 Å². The van der Waals surface area contributed by atoms with Crippen LogP contribution in [0.1, 0.15) is 80.1 Å². The third-order valence-corrected chi connectivity index (χ3v) is 12.3. The van der Waals surface area contributed by atoms with E-state index in [1.165, 1.54) is 6.92 Å². The Morgan fingerprint density at radius 1 is 1.17 bits per heavy atom. The molecule has 0 amide bonds. The van der Waals surface area contributed by atoms with Crippen molar-refractivity contribution in [2.75, 3.05) is 6.61 Å². The number of aliphatic hydroxyl groups excluding tert-OH is 1. The molecule has 3 fully saturated rings. The number of esters is 2. The highest BCUT2D eigenvalue weighted by molar-refractivity contribution is 9.10. The van der Waals surface area contributed by atoms with Crippen molar-refractivity contribution in [3.8, 4) is 0 Å². The number of Topliss-reactive ketones (excluding diaryl/α,β-unsaturated/α-hetero) is 1. The molecule has 0 heterocycles. The molecule has 4 rings (SSSR count). The first-order valence-electron chi connectivity index (χ1n) is 13.2. The van der Waals surface area contributed by atoms with E-state index in [2.05, 4.69) is 29.8 Å². The van der Waals surface area contributed by atoms with Crippen LogP contribution in [0.3, 0.4) is 0 Å². The first-order chi connectivity index (χ1) is 16.7. The summed E-state index contributed by atoms with van der Waals surface area (Å²) in [5.41, 5.74) is -1.67. The average molecular weight is 568 g/mol. The summed E-state index contributed by atoms with van der Waals surface area (Å²) in [6.07, 6.45) is 3.80. The fourth-order valence-corrected chi connectivity index (χ4v) is 9.78. The Balaban J connectivity index is 1.84. The van der Waals surface area contributed by atoms with E-state index in [-0.39, 0.29) is 42.3 Å². The maximum absolute atomic E-state index is 13.8. The van der Waals surface area contributed by atoms with E-state index < -0.39 is 51.2 Å². The van der Waals surface area contributed by atoms with Gasteiger partial charge in [-0.1, -0.05) is 56.1 Å². The van der Waals surface area contributed by atoms with Crippen LogP contribution in [0, 0.1) is 34.5 Å². The van der Waals surface area contributed by atoms with Gasteiger partial charge in [-0.15, -0.1) is 0 Å². The second-order valence-corrected chi connectivity index (χ2v) is 13.4. The predicted octanol–water partition coefficient (Wildman–Crippen LogP) is 4.32.